The molecule has 1 N–H and O–H groups in total. The average molecular weight is 393 g/mol. The molecule has 2 saturated heterocycles. The van der Waals surface area contributed by atoms with Gasteiger partial charge in [-0.15, -0.1) is 0 Å². The van der Waals surface area contributed by atoms with Crippen LogP contribution in [-0.2, 0) is 11.8 Å². The van der Waals surface area contributed by atoms with Gasteiger partial charge in [0.25, 0.3) is 0 Å². The first-order valence-electron chi connectivity index (χ1n) is 9.74. The van der Waals surface area contributed by atoms with Crippen LogP contribution in [0, 0.1) is 6.92 Å². The second-order valence-corrected chi connectivity index (χ2v) is 9.24. The van der Waals surface area contributed by atoms with E-state index < -0.39 is 5.60 Å². The molecule has 9 nitrogen and oxygen atoms in total. The molecule has 3 amide bonds. The Morgan fingerprint density at radius 3 is 2.29 bits per heavy atom. The van der Waals surface area contributed by atoms with Gasteiger partial charge in [-0.25, -0.2) is 9.59 Å². The van der Waals surface area contributed by atoms with Crippen molar-refractivity contribution in [3.05, 3.63) is 5.69 Å². The summed E-state index contributed by atoms with van der Waals surface area (Å²) in [6.45, 7) is 14.6. The molecule has 0 bridgehead atoms. The SMILES string of the molecule is Cc1c(N2CC(C)(C)NC2=O)c(N2CCN(C(=O)OC(C)(C)C)CC2)nn1C. The number of carbonyl (C=O) groups excluding carboxylic acids is 2. The number of amides is 3. The molecule has 28 heavy (non-hydrogen) atoms. The summed E-state index contributed by atoms with van der Waals surface area (Å²) < 4.78 is 7.28. The summed E-state index contributed by atoms with van der Waals surface area (Å²) in [4.78, 5) is 30.5. The Hall–Kier alpha value is -2.45. The quantitative estimate of drug-likeness (QED) is 0.833. The highest BCUT2D eigenvalue weighted by molar-refractivity contribution is 5.98. The van der Waals surface area contributed by atoms with Gasteiger partial charge >= 0.3 is 12.1 Å². The Balaban J connectivity index is 1.77. The molecule has 0 radical (unpaired) electrons. The van der Waals surface area contributed by atoms with E-state index in [-0.39, 0.29) is 17.7 Å². The summed E-state index contributed by atoms with van der Waals surface area (Å²) >= 11 is 0. The van der Waals surface area contributed by atoms with Crippen LogP contribution in [0.4, 0.5) is 21.1 Å². The van der Waals surface area contributed by atoms with Crippen LogP contribution < -0.4 is 15.1 Å². The molecule has 0 atom stereocenters. The molecule has 0 unspecified atom stereocenters. The van der Waals surface area contributed by atoms with Gasteiger partial charge in [-0.05, 0) is 41.5 Å². The molecule has 9 heteroatoms. The van der Waals surface area contributed by atoms with Crippen molar-refractivity contribution in [3.63, 3.8) is 0 Å². The molecule has 0 saturated carbocycles. The minimum Gasteiger partial charge on any atom is -0.444 e. The summed E-state index contributed by atoms with van der Waals surface area (Å²) in [5.41, 5.74) is 0.996. The van der Waals surface area contributed by atoms with Gasteiger partial charge in [-0.1, -0.05) is 0 Å². The van der Waals surface area contributed by atoms with Crippen molar-refractivity contribution in [1.29, 1.82) is 0 Å². The van der Waals surface area contributed by atoms with Crippen molar-refractivity contribution < 1.29 is 14.3 Å². The van der Waals surface area contributed by atoms with Gasteiger partial charge in [0, 0.05) is 33.2 Å². The Morgan fingerprint density at radius 1 is 1.18 bits per heavy atom. The summed E-state index contributed by atoms with van der Waals surface area (Å²) in [6, 6.07) is -0.102. The largest absolute Gasteiger partial charge is 0.444 e. The van der Waals surface area contributed by atoms with E-state index in [0.717, 1.165) is 17.2 Å². The van der Waals surface area contributed by atoms with E-state index in [1.54, 1.807) is 9.80 Å². The zero-order valence-electron chi connectivity index (χ0n) is 18.0. The summed E-state index contributed by atoms with van der Waals surface area (Å²) in [5.74, 6) is 0.789. The number of hydrogen-bond donors (Lipinski definition) is 1. The molecule has 156 valence electrons. The monoisotopic (exact) mass is 392 g/mol. The minimum atomic E-state index is -0.505. The molecule has 1 aromatic rings. The van der Waals surface area contributed by atoms with Gasteiger partial charge in [-0.2, -0.15) is 5.10 Å². The molecule has 0 spiro atoms. The Morgan fingerprint density at radius 2 is 1.79 bits per heavy atom. The number of aromatic nitrogens is 2. The number of nitrogens with zero attached hydrogens (tertiary/aromatic N) is 5. The highest BCUT2D eigenvalue weighted by Crippen LogP contribution is 2.35. The van der Waals surface area contributed by atoms with Crippen LogP contribution in [-0.4, -0.2) is 70.7 Å². The third-order valence-electron chi connectivity index (χ3n) is 5.03. The smallest absolute Gasteiger partial charge is 0.410 e. The van der Waals surface area contributed by atoms with E-state index in [4.69, 9.17) is 4.74 Å². The van der Waals surface area contributed by atoms with Crippen LogP contribution in [0.5, 0.6) is 0 Å². The fraction of sp³-hybridized carbons (Fsp3) is 0.737. The first kappa shape index (κ1) is 20.3. The number of nitrogens with one attached hydrogen (secondary N) is 1. The van der Waals surface area contributed by atoms with Gasteiger partial charge in [0.2, 0.25) is 0 Å². The topological polar surface area (TPSA) is 82.9 Å². The van der Waals surface area contributed by atoms with Crippen molar-refractivity contribution in [2.75, 3.05) is 42.5 Å². The first-order chi connectivity index (χ1) is 12.9. The van der Waals surface area contributed by atoms with Crippen molar-refractivity contribution in [3.8, 4) is 0 Å². The summed E-state index contributed by atoms with van der Waals surface area (Å²) in [7, 11) is 1.89. The molecule has 2 aliphatic rings. The second-order valence-electron chi connectivity index (χ2n) is 9.24. The summed E-state index contributed by atoms with van der Waals surface area (Å²) in [5, 5.41) is 7.69. The van der Waals surface area contributed by atoms with Crippen LogP contribution in [0.3, 0.4) is 0 Å². The van der Waals surface area contributed by atoms with E-state index in [0.29, 0.717) is 32.7 Å². The lowest BCUT2D eigenvalue weighted by Gasteiger charge is -2.36. The predicted molar refractivity (Wildman–Crippen MR) is 108 cm³/mol. The van der Waals surface area contributed by atoms with Gasteiger partial charge < -0.3 is 19.9 Å². The first-order valence-corrected chi connectivity index (χ1v) is 9.74. The van der Waals surface area contributed by atoms with E-state index >= 15 is 0 Å². The number of urea groups is 1. The van der Waals surface area contributed by atoms with E-state index in [1.807, 2.05) is 53.3 Å². The number of rotatable bonds is 2. The second kappa shape index (κ2) is 6.86. The fourth-order valence-electron chi connectivity index (χ4n) is 3.58. The van der Waals surface area contributed by atoms with Crippen molar-refractivity contribution in [2.24, 2.45) is 7.05 Å². The van der Waals surface area contributed by atoms with Gasteiger partial charge in [0.1, 0.15) is 11.3 Å². The zero-order valence-corrected chi connectivity index (χ0v) is 18.0. The maximum atomic E-state index is 12.6. The molecule has 0 aromatic carbocycles. The third-order valence-corrected chi connectivity index (χ3v) is 5.03. The van der Waals surface area contributed by atoms with Crippen LogP contribution in [0.1, 0.15) is 40.3 Å². The molecule has 1 aromatic heterocycles. The van der Waals surface area contributed by atoms with Crippen molar-refractivity contribution in [2.45, 2.75) is 52.7 Å². The number of ether oxygens (including phenoxy) is 1. The van der Waals surface area contributed by atoms with Gasteiger partial charge in [0.15, 0.2) is 5.82 Å². The van der Waals surface area contributed by atoms with E-state index in [1.165, 1.54) is 0 Å². The van der Waals surface area contributed by atoms with Crippen molar-refractivity contribution >= 4 is 23.6 Å². The Kier molecular flexibility index (Phi) is 4.97. The zero-order chi connectivity index (χ0) is 20.9. The van der Waals surface area contributed by atoms with Crippen LogP contribution in [0.2, 0.25) is 0 Å². The molecule has 3 heterocycles. The maximum absolute atomic E-state index is 12.6. The van der Waals surface area contributed by atoms with E-state index in [2.05, 4.69) is 15.3 Å². The average Bonchev–Trinajstić information content (AvgIpc) is 3.01. The summed E-state index contributed by atoms with van der Waals surface area (Å²) in [6.07, 6.45) is -0.287. The lowest BCUT2D eigenvalue weighted by atomic mass is 10.1. The fourth-order valence-corrected chi connectivity index (χ4v) is 3.58. The number of piperazine rings is 1. The molecule has 2 fully saturated rings. The highest BCUT2D eigenvalue weighted by atomic mass is 16.6. The number of aryl methyl sites for hydroxylation is 1. The van der Waals surface area contributed by atoms with Gasteiger partial charge in [0.05, 0.1) is 17.8 Å². The predicted octanol–water partition coefficient (Wildman–Crippen LogP) is 2.09. The molecule has 2 aliphatic heterocycles. The molecule has 0 aliphatic carbocycles. The standard InChI is InChI=1S/C19H32N6O3/c1-13-14(25-12-19(5,6)20-16(25)26)15(21-22(13)7)23-8-10-24(11-9-23)17(27)28-18(2,3)4/h8-12H2,1-7H3,(H,20,26). The van der Waals surface area contributed by atoms with E-state index in [9.17, 15) is 9.59 Å². The minimum absolute atomic E-state index is 0.102. The van der Waals surface area contributed by atoms with Crippen LogP contribution in [0.15, 0.2) is 0 Å². The normalized spacial score (nSPS) is 19.8. The van der Waals surface area contributed by atoms with Crippen molar-refractivity contribution in [1.82, 2.24) is 20.0 Å². The maximum Gasteiger partial charge on any atom is 0.410 e. The molecule has 3 rings (SSSR count). The highest BCUT2D eigenvalue weighted by Gasteiger charge is 2.39. The van der Waals surface area contributed by atoms with Gasteiger partial charge in [-0.3, -0.25) is 9.58 Å². The van der Waals surface area contributed by atoms with Crippen LogP contribution >= 0.6 is 0 Å². The lowest BCUT2D eigenvalue weighted by molar-refractivity contribution is 0.0240. The third kappa shape index (κ3) is 4.02. The Bertz CT molecular complexity index is 771. The number of carbonyl (C=O) groups is 2. The Labute approximate surface area is 166 Å². The lowest BCUT2D eigenvalue weighted by Crippen LogP contribution is -2.50. The molecular formula is C19H32N6O3. The number of anilines is 2. The van der Waals surface area contributed by atoms with Crippen LogP contribution in [0.25, 0.3) is 0 Å². The number of hydrogen-bond acceptors (Lipinski definition) is 5. The molecular weight excluding hydrogens is 360 g/mol.